The topological polar surface area (TPSA) is 148 Å². The number of alkyl halides is 3. The van der Waals surface area contributed by atoms with Crippen LogP contribution >= 0.6 is 23.2 Å². The molecule has 3 heterocycles. The number of hydrogen-bond donors (Lipinski definition) is 2. The van der Waals surface area contributed by atoms with Crippen LogP contribution < -0.4 is 24.5 Å². The van der Waals surface area contributed by atoms with Gasteiger partial charge in [0.15, 0.2) is 5.82 Å². The van der Waals surface area contributed by atoms with E-state index in [4.69, 9.17) is 37.4 Å². The van der Waals surface area contributed by atoms with Crippen molar-refractivity contribution < 1.29 is 51.7 Å². The van der Waals surface area contributed by atoms with Gasteiger partial charge in [-0.3, -0.25) is 29.5 Å². The maximum absolute atomic E-state index is 15.5. The first kappa shape index (κ1) is 44.4. The highest BCUT2D eigenvalue weighted by Gasteiger charge is 2.71. The number of pyridine rings is 1. The molecule has 9 rings (SSSR count). The Balaban J connectivity index is 1.13. The summed E-state index contributed by atoms with van der Waals surface area (Å²) < 4.78 is 57.5. The average Bonchev–Trinajstić information content (AvgIpc) is 3.69. The third-order valence-corrected chi connectivity index (χ3v) is 13.7. The molecule has 2 aliphatic carbocycles. The van der Waals surface area contributed by atoms with Crippen LogP contribution in [-0.2, 0) is 30.8 Å². The molecule has 6 atom stereocenters. The first-order chi connectivity index (χ1) is 31.6. The number of rotatable bonds is 10. The number of imide groups is 2. The van der Waals surface area contributed by atoms with E-state index in [1.165, 1.54) is 24.1 Å². The second kappa shape index (κ2) is 16.9. The van der Waals surface area contributed by atoms with Crippen LogP contribution in [0.15, 0.2) is 109 Å². The number of fused-ring (bicyclic) bond motifs is 4. The number of allylic oxidation sites excluding steroid dienone is 2. The maximum atomic E-state index is 15.5. The number of hydrazine groups is 1. The Kier molecular flexibility index (Phi) is 11.3. The van der Waals surface area contributed by atoms with E-state index in [-0.39, 0.29) is 30.2 Å². The van der Waals surface area contributed by atoms with Gasteiger partial charge in [-0.2, -0.15) is 18.2 Å². The second-order valence-corrected chi connectivity index (χ2v) is 17.2. The SMILES string of the molecule is COc1ccc(OC)c(C=Cc2ccc(N3C(=O)[C@H]4[C@H](CC=C5[C@H]4C[C@H]4C(=O)N(Nc6ncc(C(F)(F)F)cc6Cl)C(=O)[C@@]4(c4ccc(Cl)cc4)[C@H]5c4ccc(O)cc4OC)C3=O)cc2)c1. The number of benzene rings is 4. The predicted molar refractivity (Wildman–Crippen MR) is 239 cm³/mol. The van der Waals surface area contributed by atoms with Gasteiger partial charge in [-0.25, -0.2) is 4.98 Å². The van der Waals surface area contributed by atoms with Crippen LogP contribution in [0.5, 0.6) is 23.0 Å². The molecule has 4 amide bonds. The molecule has 12 nitrogen and oxygen atoms in total. The standard InChI is InChI=1S/C49H39Cl2F3N4O8/c1-64-32-15-19-39(65-2)26(20-32)7-4-25-5-12-30(13-6-25)57-44(60)35-18-17-33-36(41(35)46(57)62)23-37-45(61)58(56-43-38(51)21-28(24-55-43)49(52,53)54)47(63)48(37,27-8-10-29(50)11-9-27)42(33)34-16-14-31(59)22-40(34)66-3/h4-17,19-22,24,35-37,41-42,59H,18,23H2,1-3H3,(H,55,56)/t35-,36+,37-,41-,42+,48+/m0/s1. The highest BCUT2D eigenvalue weighted by molar-refractivity contribution is 6.33. The van der Waals surface area contributed by atoms with E-state index in [0.29, 0.717) is 56.2 Å². The number of phenols is 1. The number of carbonyl (C=O) groups is 4. The molecule has 0 radical (unpaired) electrons. The zero-order valence-corrected chi connectivity index (χ0v) is 36.8. The van der Waals surface area contributed by atoms with E-state index in [0.717, 1.165) is 11.1 Å². The number of ether oxygens (including phenoxy) is 3. The summed E-state index contributed by atoms with van der Waals surface area (Å²) in [7, 11) is 4.53. The molecule has 17 heteroatoms. The Morgan fingerprint density at radius 3 is 2.21 bits per heavy atom. The molecule has 0 bridgehead atoms. The third kappa shape index (κ3) is 7.21. The summed E-state index contributed by atoms with van der Waals surface area (Å²) in [4.78, 5) is 64.9. The molecule has 66 heavy (non-hydrogen) atoms. The molecule has 2 aliphatic heterocycles. The summed E-state index contributed by atoms with van der Waals surface area (Å²) in [5.74, 6) is -6.40. The summed E-state index contributed by atoms with van der Waals surface area (Å²) in [5.41, 5.74) is 2.92. The van der Waals surface area contributed by atoms with Crippen molar-refractivity contribution in [1.29, 1.82) is 0 Å². The number of amides is 4. The van der Waals surface area contributed by atoms with Crippen LogP contribution in [0.2, 0.25) is 10.0 Å². The van der Waals surface area contributed by atoms with Crippen molar-refractivity contribution in [3.05, 3.63) is 147 Å². The molecule has 1 saturated carbocycles. The van der Waals surface area contributed by atoms with Crippen LogP contribution in [0.3, 0.4) is 0 Å². The normalized spacial score (nSPS) is 23.7. The lowest BCUT2D eigenvalue weighted by Crippen LogP contribution is -2.53. The highest BCUT2D eigenvalue weighted by Crippen LogP contribution is 2.65. The number of aromatic hydroxyl groups is 1. The molecule has 4 aromatic carbocycles. The van der Waals surface area contributed by atoms with Crippen molar-refractivity contribution in [2.24, 2.45) is 23.7 Å². The lowest BCUT2D eigenvalue weighted by Gasteiger charge is -2.50. The number of nitrogens with zero attached hydrogens (tertiary/aromatic N) is 3. The zero-order valence-electron chi connectivity index (χ0n) is 35.3. The average molecular weight is 940 g/mol. The Bertz CT molecular complexity index is 2870. The van der Waals surface area contributed by atoms with E-state index < -0.39 is 75.4 Å². The minimum Gasteiger partial charge on any atom is -0.508 e. The van der Waals surface area contributed by atoms with Gasteiger partial charge in [0.05, 0.1) is 60.8 Å². The predicted octanol–water partition coefficient (Wildman–Crippen LogP) is 9.50. The molecule has 2 N–H and O–H groups in total. The summed E-state index contributed by atoms with van der Waals surface area (Å²) in [5, 5.41) is 11.2. The lowest BCUT2D eigenvalue weighted by atomic mass is 9.49. The fourth-order valence-electron chi connectivity index (χ4n) is 10.2. The fourth-order valence-corrected chi connectivity index (χ4v) is 10.5. The number of carbonyl (C=O) groups excluding carboxylic acids is 4. The number of hydrogen-bond acceptors (Lipinski definition) is 10. The number of methoxy groups -OCH3 is 3. The monoisotopic (exact) mass is 938 g/mol. The van der Waals surface area contributed by atoms with Crippen molar-refractivity contribution in [1.82, 2.24) is 9.99 Å². The molecular weight excluding hydrogens is 900 g/mol. The van der Waals surface area contributed by atoms with E-state index >= 15 is 9.59 Å². The van der Waals surface area contributed by atoms with E-state index in [2.05, 4.69) is 10.4 Å². The number of phenolic OH excluding ortho intramolecular Hbond substituents is 1. The molecule has 5 aromatic rings. The molecule has 0 unspecified atom stereocenters. The van der Waals surface area contributed by atoms with Gasteiger partial charge in [-0.15, -0.1) is 0 Å². The first-order valence-electron chi connectivity index (χ1n) is 20.7. The smallest absolute Gasteiger partial charge is 0.417 e. The third-order valence-electron chi connectivity index (χ3n) is 13.1. The van der Waals surface area contributed by atoms with Crippen molar-refractivity contribution in [3.8, 4) is 23.0 Å². The second-order valence-electron chi connectivity index (χ2n) is 16.4. The van der Waals surface area contributed by atoms with Crippen LogP contribution in [0.25, 0.3) is 12.2 Å². The van der Waals surface area contributed by atoms with Gasteiger partial charge < -0.3 is 19.3 Å². The number of halogens is 5. The number of aromatic nitrogens is 1. The van der Waals surface area contributed by atoms with Crippen molar-refractivity contribution in [2.75, 3.05) is 31.7 Å². The summed E-state index contributed by atoms with van der Waals surface area (Å²) in [6.45, 7) is 0. The number of nitrogens with one attached hydrogen (secondary N) is 1. The van der Waals surface area contributed by atoms with Crippen molar-refractivity contribution >= 4 is 70.5 Å². The molecule has 0 spiro atoms. The van der Waals surface area contributed by atoms with Gasteiger partial charge in [0.1, 0.15) is 23.0 Å². The quantitative estimate of drug-likeness (QED) is 0.0789. The summed E-state index contributed by atoms with van der Waals surface area (Å²) in [6.07, 6.45) is 1.36. The lowest BCUT2D eigenvalue weighted by molar-refractivity contribution is -0.139. The number of anilines is 2. The van der Waals surface area contributed by atoms with Gasteiger partial charge in [0, 0.05) is 34.3 Å². The van der Waals surface area contributed by atoms with Crippen LogP contribution in [-0.4, -0.2) is 60.1 Å². The van der Waals surface area contributed by atoms with Gasteiger partial charge in [-0.1, -0.05) is 77.3 Å². The molecule has 338 valence electrons. The summed E-state index contributed by atoms with van der Waals surface area (Å²) >= 11 is 12.7. The van der Waals surface area contributed by atoms with E-state index in [1.807, 2.05) is 24.3 Å². The molecular formula is C49H39Cl2F3N4O8. The Hall–Kier alpha value is -6.84. The fraction of sp³-hybridized carbons (Fsp3) is 0.245. The molecule has 1 aromatic heterocycles. The summed E-state index contributed by atoms with van der Waals surface area (Å²) in [6, 6.07) is 23.7. The van der Waals surface area contributed by atoms with Crippen molar-refractivity contribution in [2.45, 2.75) is 30.4 Å². The van der Waals surface area contributed by atoms with Crippen molar-refractivity contribution in [3.63, 3.8) is 0 Å². The minimum absolute atomic E-state index is 0.0895. The van der Waals surface area contributed by atoms with Crippen LogP contribution in [0.4, 0.5) is 24.7 Å². The van der Waals surface area contributed by atoms with Gasteiger partial charge in [0.25, 0.3) is 11.8 Å². The zero-order chi connectivity index (χ0) is 46.8. The van der Waals surface area contributed by atoms with E-state index in [9.17, 15) is 27.9 Å². The molecule has 3 fully saturated rings. The largest absolute Gasteiger partial charge is 0.508 e. The van der Waals surface area contributed by atoms with Gasteiger partial charge >= 0.3 is 6.18 Å². The first-order valence-corrected chi connectivity index (χ1v) is 21.4. The minimum atomic E-state index is -4.77. The van der Waals surface area contributed by atoms with Crippen LogP contribution in [0, 0.1) is 23.7 Å². The molecule has 2 saturated heterocycles. The van der Waals surface area contributed by atoms with Crippen LogP contribution in [0.1, 0.15) is 46.6 Å². The Morgan fingerprint density at radius 2 is 1.55 bits per heavy atom. The maximum Gasteiger partial charge on any atom is 0.417 e. The van der Waals surface area contributed by atoms with Gasteiger partial charge in [0.2, 0.25) is 11.8 Å². The molecule has 4 aliphatic rings. The highest BCUT2D eigenvalue weighted by atomic mass is 35.5. The van der Waals surface area contributed by atoms with E-state index in [1.54, 1.807) is 80.9 Å². The Labute approximate surface area is 386 Å². The Morgan fingerprint density at radius 1 is 0.818 bits per heavy atom. The van der Waals surface area contributed by atoms with Gasteiger partial charge in [-0.05, 0) is 84.5 Å².